The summed E-state index contributed by atoms with van der Waals surface area (Å²) in [6.45, 7) is 4.15. The van der Waals surface area contributed by atoms with Crippen molar-refractivity contribution >= 4 is 5.91 Å². The minimum Gasteiger partial charge on any atom is -0.395 e. The van der Waals surface area contributed by atoms with Crippen LogP contribution in [0.15, 0.2) is 12.3 Å². The maximum Gasteiger partial charge on any atom is 0.253 e. The van der Waals surface area contributed by atoms with Gasteiger partial charge in [0.2, 0.25) is 0 Å². The van der Waals surface area contributed by atoms with E-state index in [1.165, 1.54) is 6.20 Å². The van der Waals surface area contributed by atoms with Gasteiger partial charge in [0.05, 0.1) is 24.1 Å². The highest BCUT2D eigenvalue weighted by Crippen LogP contribution is 2.11. The molecule has 0 unspecified atom stereocenters. The monoisotopic (exact) mass is 209 g/mol. The molecule has 5 heteroatoms. The molecule has 15 heavy (non-hydrogen) atoms. The van der Waals surface area contributed by atoms with Crippen LogP contribution in [0, 0.1) is 0 Å². The number of aliphatic hydroxyl groups excluding tert-OH is 1. The van der Waals surface area contributed by atoms with Gasteiger partial charge in [-0.25, -0.2) is 0 Å². The summed E-state index contributed by atoms with van der Waals surface area (Å²) in [6.07, 6.45) is 1.42. The van der Waals surface area contributed by atoms with Gasteiger partial charge in [-0.2, -0.15) is 10.2 Å². The van der Waals surface area contributed by atoms with Crippen molar-refractivity contribution < 1.29 is 9.90 Å². The number of nitrogens with one attached hydrogen (secondary N) is 1. The highest BCUT2D eigenvalue weighted by molar-refractivity contribution is 5.93. The third-order valence-electron chi connectivity index (χ3n) is 1.92. The molecule has 0 aliphatic heterocycles. The number of amides is 1. The molecule has 0 fully saturated rings. The Morgan fingerprint density at radius 1 is 1.60 bits per heavy atom. The molecule has 0 aromatic carbocycles. The molecule has 0 atom stereocenters. The number of carbonyl (C=O) groups is 1. The largest absolute Gasteiger partial charge is 0.395 e. The molecular weight excluding hydrogens is 194 g/mol. The van der Waals surface area contributed by atoms with Gasteiger partial charge in [0.25, 0.3) is 5.91 Å². The topological polar surface area (TPSA) is 75.1 Å². The summed E-state index contributed by atoms with van der Waals surface area (Å²) in [5.41, 5.74) is 1.26. The molecule has 0 aliphatic rings. The van der Waals surface area contributed by atoms with Crippen LogP contribution in [0.1, 0.15) is 35.8 Å². The fourth-order valence-electron chi connectivity index (χ4n) is 1.06. The van der Waals surface area contributed by atoms with Crippen LogP contribution < -0.4 is 5.32 Å². The van der Waals surface area contributed by atoms with Crippen LogP contribution in [0.2, 0.25) is 0 Å². The third kappa shape index (κ3) is 3.28. The summed E-state index contributed by atoms with van der Waals surface area (Å²) in [4.78, 5) is 11.5. The van der Waals surface area contributed by atoms with E-state index in [4.69, 9.17) is 5.11 Å². The van der Waals surface area contributed by atoms with Crippen LogP contribution in [0.25, 0.3) is 0 Å². The van der Waals surface area contributed by atoms with Crippen molar-refractivity contribution in [1.82, 2.24) is 15.5 Å². The highest BCUT2D eigenvalue weighted by Gasteiger charge is 2.08. The molecule has 0 radical (unpaired) electrons. The first kappa shape index (κ1) is 11.6. The van der Waals surface area contributed by atoms with Crippen LogP contribution in [0.3, 0.4) is 0 Å². The molecule has 0 bridgehead atoms. The summed E-state index contributed by atoms with van der Waals surface area (Å²) >= 11 is 0. The molecule has 1 heterocycles. The predicted octanol–water partition coefficient (Wildman–Crippen LogP) is 0.322. The average molecular weight is 209 g/mol. The fraction of sp³-hybridized carbons (Fsp3) is 0.500. The van der Waals surface area contributed by atoms with E-state index in [2.05, 4.69) is 15.5 Å². The Kier molecular flexibility index (Phi) is 4.17. The number of carbonyl (C=O) groups excluding carboxylic acids is 1. The molecule has 0 spiro atoms. The smallest absolute Gasteiger partial charge is 0.253 e. The van der Waals surface area contributed by atoms with E-state index >= 15 is 0 Å². The van der Waals surface area contributed by atoms with Crippen molar-refractivity contribution in [1.29, 1.82) is 0 Å². The lowest BCUT2D eigenvalue weighted by atomic mass is 10.1. The summed E-state index contributed by atoms with van der Waals surface area (Å²) in [7, 11) is 0. The summed E-state index contributed by atoms with van der Waals surface area (Å²) in [5, 5.41) is 18.8. The quantitative estimate of drug-likeness (QED) is 0.749. The number of rotatable bonds is 4. The number of aliphatic hydroxyl groups is 1. The van der Waals surface area contributed by atoms with Crippen LogP contribution in [0.4, 0.5) is 0 Å². The Hall–Kier alpha value is -1.49. The first-order chi connectivity index (χ1) is 7.15. The SMILES string of the molecule is CC(C)c1cc(C(=O)NCCO)cnn1. The maximum atomic E-state index is 11.5. The van der Waals surface area contributed by atoms with E-state index in [1.54, 1.807) is 6.07 Å². The van der Waals surface area contributed by atoms with Crippen molar-refractivity contribution in [2.75, 3.05) is 13.2 Å². The van der Waals surface area contributed by atoms with Gasteiger partial charge in [-0.05, 0) is 12.0 Å². The maximum absolute atomic E-state index is 11.5. The van der Waals surface area contributed by atoms with Crippen molar-refractivity contribution in [3.8, 4) is 0 Å². The van der Waals surface area contributed by atoms with Crippen molar-refractivity contribution in [3.05, 3.63) is 23.5 Å². The molecule has 1 aromatic heterocycles. The van der Waals surface area contributed by atoms with Crippen molar-refractivity contribution in [2.24, 2.45) is 0 Å². The molecule has 0 aliphatic carbocycles. The molecule has 1 rings (SSSR count). The normalized spacial score (nSPS) is 10.4. The molecule has 1 aromatic rings. The zero-order chi connectivity index (χ0) is 11.3. The number of aromatic nitrogens is 2. The first-order valence-corrected chi connectivity index (χ1v) is 4.87. The number of hydrogen-bond acceptors (Lipinski definition) is 4. The van der Waals surface area contributed by atoms with Gasteiger partial charge in [-0.15, -0.1) is 0 Å². The number of hydrogen-bond donors (Lipinski definition) is 2. The minimum atomic E-state index is -0.235. The lowest BCUT2D eigenvalue weighted by Crippen LogP contribution is -2.26. The first-order valence-electron chi connectivity index (χ1n) is 4.87. The standard InChI is InChI=1S/C10H15N3O2/c1-7(2)9-5-8(6-12-13-9)10(15)11-3-4-14/h5-7,14H,3-4H2,1-2H3,(H,11,15). The van der Waals surface area contributed by atoms with Gasteiger partial charge >= 0.3 is 0 Å². The Bertz CT molecular complexity index is 339. The third-order valence-corrected chi connectivity index (χ3v) is 1.92. The Balaban J connectivity index is 2.76. The molecule has 2 N–H and O–H groups in total. The van der Waals surface area contributed by atoms with Gasteiger partial charge in [-0.3, -0.25) is 4.79 Å². The van der Waals surface area contributed by atoms with Crippen molar-refractivity contribution in [3.63, 3.8) is 0 Å². The van der Waals surface area contributed by atoms with Crippen LogP contribution >= 0.6 is 0 Å². The van der Waals surface area contributed by atoms with Crippen LogP contribution in [0.5, 0.6) is 0 Å². The second-order valence-corrected chi connectivity index (χ2v) is 3.50. The zero-order valence-electron chi connectivity index (χ0n) is 8.90. The van der Waals surface area contributed by atoms with E-state index in [0.29, 0.717) is 5.56 Å². The Labute approximate surface area is 88.5 Å². The van der Waals surface area contributed by atoms with Crippen molar-refractivity contribution in [2.45, 2.75) is 19.8 Å². The molecule has 0 saturated heterocycles. The molecule has 5 nitrogen and oxygen atoms in total. The van der Waals surface area contributed by atoms with E-state index < -0.39 is 0 Å². The Morgan fingerprint density at radius 2 is 2.33 bits per heavy atom. The van der Waals surface area contributed by atoms with Gasteiger partial charge in [0, 0.05) is 6.54 Å². The van der Waals surface area contributed by atoms with Gasteiger partial charge in [0.15, 0.2) is 0 Å². The average Bonchev–Trinajstić information content (AvgIpc) is 2.26. The summed E-state index contributed by atoms with van der Waals surface area (Å²) in [5.74, 6) is 0.00365. The highest BCUT2D eigenvalue weighted by atomic mass is 16.3. The summed E-state index contributed by atoms with van der Waals surface area (Å²) in [6, 6.07) is 1.71. The Morgan fingerprint density at radius 3 is 2.93 bits per heavy atom. The van der Waals surface area contributed by atoms with Gasteiger partial charge in [0.1, 0.15) is 0 Å². The van der Waals surface area contributed by atoms with E-state index in [-0.39, 0.29) is 25.0 Å². The second kappa shape index (κ2) is 5.41. The minimum absolute atomic E-state index is 0.0682. The van der Waals surface area contributed by atoms with E-state index in [0.717, 1.165) is 5.69 Å². The van der Waals surface area contributed by atoms with Crippen LogP contribution in [-0.2, 0) is 0 Å². The van der Waals surface area contributed by atoms with Gasteiger partial charge < -0.3 is 10.4 Å². The zero-order valence-corrected chi connectivity index (χ0v) is 8.90. The van der Waals surface area contributed by atoms with Crippen LogP contribution in [-0.4, -0.2) is 34.4 Å². The van der Waals surface area contributed by atoms with Gasteiger partial charge in [-0.1, -0.05) is 13.8 Å². The summed E-state index contributed by atoms with van der Waals surface area (Å²) < 4.78 is 0. The van der Waals surface area contributed by atoms with E-state index in [1.807, 2.05) is 13.8 Å². The molecule has 82 valence electrons. The number of nitrogens with zero attached hydrogens (tertiary/aromatic N) is 2. The lowest BCUT2D eigenvalue weighted by Gasteiger charge is -2.06. The second-order valence-electron chi connectivity index (χ2n) is 3.50. The molecular formula is C10H15N3O2. The lowest BCUT2D eigenvalue weighted by molar-refractivity contribution is 0.0944. The van der Waals surface area contributed by atoms with E-state index in [9.17, 15) is 4.79 Å². The molecule has 0 saturated carbocycles. The molecule has 1 amide bonds. The fourth-order valence-corrected chi connectivity index (χ4v) is 1.06. The predicted molar refractivity (Wildman–Crippen MR) is 55.5 cm³/mol.